The molecule has 2 heterocycles. The Morgan fingerprint density at radius 1 is 0.431 bits per heavy atom. The van der Waals surface area contributed by atoms with Crippen LogP contribution in [0.4, 0.5) is 0 Å². The fourth-order valence-electron chi connectivity index (χ4n) is 10.5. The summed E-state index contributed by atoms with van der Waals surface area (Å²) in [5, 5.41) is 10.6. The molecule has 280 valence electrons. The van der Waals surface area contributed by atoms with E-state index >= 15 is 0 Å². The predicted molar refractivity (Wildman–Crippen MR) is 239 cm³/mol. The van der Waals surface area contributed by atoms with Gasteiger partial charge in [0.05, 0.1) is 22.1 Å². The van der Waals surface area contributed by atoms with Gasteiger partial charge in [0.1, 0.15) is 0 Å². The lowest BCUT2D eigenvalue weighted by Crippen LogP contribution is -2.61. The van der Waals surface area contributed by atoms with Crippen LogP contribution >= 0.6 is 0 Å². The highest BCUT2D eigenvalue weighted by molar-refractivity contribution is 6.09. The molecule has 11 rings (SSSR count). The van der Waals surface area contributed by atoms with Crippen LogP contribution in [0, 0.1) is 5.92 Å². The van der Waals surface area contributed by atoms with Gasteiger partial charge in [0.25, 0.3) is 0 Å². The van der Waals surface area contributed by atoms with Crippen molar-refractivity contribution in [1.29, 1.82) is 0 Å². The van der Waals surface area contributed by atoms with E-state index in [9.17, 15) is 0 Å². The predicted octanol–water partition coefficient (Wildman–Crippen LogP) is 12.6. The van der Waals surface area contributed by atoms with E-state index in [0.717, 1.165) is 5.69 Å². The molecule has 3 heteroatoms. The van der Waals surface area contributed by atoms with Crippen LogP contribution in [0.2, 0.25) is 0 Å². The lowest BCUT2D eigenvalue weighted by atomic mass is 9.67. The third kappa shape index (κ3) is 5.20. The quantitative estimate of drug-likeness (QED) is 0.177. The van der Waals surface area contributed by atoms with Gasteiger partial charge in [-0.05, 0) is 87.2 Å². The molecule has 0 radical (unpaired) electrons. The van der Waals surface area contributed by atoms with E-state index in [2.05, 4.69) is 235 Å². The zero-order chi connectivity index (χ0) is 38.8. The molecule has 0 spiro atoms. The van der Waals surface area contributed by atoms with Crippen molar-refractivity contribution in [2.75, 3.05) is 0 Å². The summed E-state index contributed by atoms with van der Waals surface area (Å²) in [6.07, 6.45) is 0. The molecule has 0 saturated carbocycles. The average molecular weight is 748 g/mol. The van der Waals surface area contributed by atoms with Gasteiger partial charge in [-0.25, -0.2) is 0 Å². The molecule has 58 heavy (non-hydrogen) atoms. The van der Waals surface area contributed by atoms with E-state index in [0.29, 0.717) is 0 Å². The van der Waals surface area contributed by atoms with Crippen molar-refractivity contribution in [3.63, 3.8) is 0 Å². The second kappa shape index (κ2) is 13.6. The lowest BCUT2D eigenvalue weighted by Gasteiger charge is -2.49. The highest BCUT2D eigenvalue weighted by atomic mass is 15.2. The van der Waals surface area contributed by atoms with Crippen LogP contribution < -0.4 is 10.6 Å². The first-order valence-electron chi connectivity index (χ1n) is 20.6. The van der Waals surface area contributed by atoms with Crippen LogP contribution in [0.3, 0.4) is 0 Å². The number of nitrogens with zero attached hydrogens (tertiary/aromatic N) is 1. The van der Waals surface area contributed by atoms with Gasteiger partial charge in [-0.15, -0.1) is 0 Å². The van der Waals surface area contributed by atoms with Gasteiger partial charge in [-0.1, -0.05) is 189 Å². The van der Waals surface area contributed by atoms with Gasteiger partial charge in [0, 0.05) is 28.5 Å². The van der Waals surface area contributed by atoms with Crippen molar-refractivity contribution in [3.05, 3.63) is 245 Å². The summed E-state index contributed by atoms with van der Waals surface area (Å²) in [6.45, 7) is 4.65. The van der Waals surface area contributed by atoms with Gasteiger partial charge in [-0.3, -0.25) is 10.6 Å². The maximum absolute atomic E-state index is 4.08. The Kier molecular flexibility index (Phi) is 8.11. The molecular weight excluding hydrogens is 703 g/mol. The molecule has 0 amide bonds. The highest BCUT2D eigenvalue weighted by Gasteiger charge is 2.46. The lowest BCUT2D eigenvalue weighted by molar-refractivity contribution is 0.103. The summed E-state index contributed by atoms with van der Waals surface area (Å²) in [7, 11) is 0. The van der Waals surface area contributed by atoms with Gasteiger partial charge in [0.2, 0.25) is 0 Å². The molecule has 8 aromatic carbocycles. The Morgan fingerprint density at radius 3 is 1.57 bits per heavy atom. The Bertz CT molecular complexity index is 2890. The largest absolute Gasteiger partial charge is 0.309 e. The van der Waals surface area contributed by atoms with E-state index in [1.165, 1.54) is 71.9 Å². The van der Waals surface area contributed by atoms with E-state index < -0.39 is 11.1 Å². The Labute approximate surface area is 340 Å². The zero-order valence-electron chi connectivity index (χ0n) is 32.8. The summed E-state index contributed by atoms with van der Waals surface area (Å²) in [5.74, 6) is 0.284. The molecule has 1 saturated heterocycles. The first kappa shape index (κ1) is 34.7. The Balaban J connectivity index is 1.07. The van der Waals surface area contributed by atoms with Crippen LogP contribution in [-0.2, 0) is 11.1 Å². The monoisotopic (exact) mass is 747 g/mol. The molecule has 3 nitrogen and oxygen atoms in total. The summed E-state index contributed by atoms with van der Waals surface area (Å²) in [6, 6.07) is 76.5. The first-order chi connectivity index (χ1) is 28.5. The first-order valence-corrected chi connectivity index (χ1v) is 20.6. The van der Waals surface area contributed by atoms with Crippen LogP contribution in [0.25, 0.3) is 38.6 Å². The molecule has 4 atom stereocenters. The van der Waals surface area contributed by atoms with E-state index in [4.69, 9.17) is 0 Å². The second-order valence-corrected chi connectivity index (χ2v) is 16.4. The van der Waals surface area contributed by atoms with Crippen molar-refractivity contribution >= 4 is 21.8 Å². The van der Waals surface area contributed by atoms with Gasteiger partial charge >= 0.3 is 0 Å². The second-order valence-electron chi connectivity index (χ2n) is 16.4. The zero-order valence-corrected chi connectivity index (χ0v) is 32.8. The van der Waals surface area contributed by atoms with E-state index in [-0.39, 0.29) is 18.0 Å². The number of para-hydroxylation sites is 1. The molecule has 1 aliphatic carbocycles. The summed E-state index contributed by atoms with van der Waals surface area (Å²) in [4.78, 5) is 0. The molecule has 1 fully saturated rings. The maximum Gasteiger partial charge on any atom is 0.0930 e. The van der Waals surface area contributed by atoms with Crippen molar-refractivity contribution in [1.82, 2.24) is 15.2 Å². The number of aromatic nitrogens is 1. The fourth-order valence-corrected chi connectivity index (χ4v) is 10.5. The number of hydrogen-bond donors (Lipinski definition) is 2. The molecule has 9 aromatic rings. The van der Waals surface area contributed by atoms with Crippen molar-refractivity contribution < 1.29 is 0 Å². The average Bonchev–Trinajstić information content (AvgIpc) is 3.79. The molecule has 1 aromatic heterocycles. The minimum atomic E-state index is -0.467. The maximum atomic E-state index is 4.08. The molecule has 0 bridgehead atoms. The van der Waals surface area contributed by atoms with Crippen LogP contribution in [-0.4, -0.2) is 4.57 Å². The van der Waals surface area contributed by atoms with Gasteiger partial charge in [0.15, 0.2) is 0 Å². The Morgan fingerprint density at radius 2 is 0.931 bits per heavy atom. The van der Waals surface area contributed by atoms with Gasteiger partial charge < -0.3 is 4.57 Å². The third-order valence-electron chi connectivity index (χ3n) is 13.2. The normalized spacial score (nSPS) is 20.8. The highest BCUT2D eigenvalue weighted by Crippen LogP contribution is 2.56. The summed E-state index contributed by atoms with van der Waals surface area (Å²) in [5.41, 5.74) is 14.3. The molecular formula is C55H45N3. The van der Waals surface area contributed by atoms with Crippen molar-refractivity contribution in [2.45, 2.75) is 37.0 Å². The smallest absolute Gasteiger partial charge is 0.0930 e. The summed E-state index contributed by atoms with van der Waals surface area (Å²) < 4.78 is 2.48. The van der Waals surface area contributed by atoms with Crippen molar-refractivity contribution in [3.8, 4) is 16.8 Å². The van der Waals surface area contributed by atoms with E-state index in [1.54, 1.807) is 0 Å². The van der Waals surface area contributed by atoms with Crippen LogP contribution in [0.15, 0.2) is 206 Å². The standard InChI is InChI=1S/C55H45N3/c1-37-52(38-18-6-3-7-19-38)56-54(2,40-20-8-4-9-21-40)57-53(37)39-30-33-43(34-31-39)58-50-29-17-14-26-46(50)47-35-32-42(36-51(47)58)55(41-22-10-5-11-23-41)48-27-15-12-24-44(48)45-25-13-16-28-49(45)55/h3-37,52-53,56-57H,1-2H3. The Hall–Kier alpha value is -6.52. The topological polar surface area (TPSA) is 29.0 Å². The molecule has 2 aliphatic rings. The van der Waals surface area contributed by atoms with E-state index in [1.807, 2.05) is 0 Å². The summed E-state index contributed by atoms with van der Waals surface area (Å²) >= 11 is 0. The van der Waals surface area contributed by atoms with Gasteiger partial charge in [-0.2, -0.15) is 0 Å². The van der Waals surface area contributed by atoms with Crippen LogP contribution in [0.5, 0.6) is 0 Å². The number of nitrogens with one attached hydrogen (secondary N) is 2. The number of fused-ring (bicyclic) bond motifs is 6. The number of hydrogen-bond acceptors (Lipinski definition) is 2. The molecule has 2 N–H and O–H groups in total. The minimum absolute atomic E-state index is 0.115. The fraction of sp³-hybridized carbons (Fsp3) is 0.127. The SMILES string of the molecule is CC1C(c2ccccc2)NC(C)(c2ccccc2)NC1c1ccc(-n2c3ccccc3c3ccc(C4(c5ccccc5)c5ccccc5-c5ccccc54)cc32)cc1. The minimum Gasteiger partial charge on any atom is -0.309 e. The molecule has 4 unspecified atom stereocenters. The molecule has 1 aliphatic heterocycles. The number of rotatable bonds is 6. The van der Waals surface area contributed by atoms with Crippen LogP contribution in [0.1, 0.15) is 64.9 Å². The number of benzene rings is 8. The van der Waals surface area contributed by atoms with Crippen molar-refractivity contribution in [2.24, 2.45) is 5.92 Å². The third-order valence-corrected chi connectivity index (χ3v) is 13.2.